The molecule has 4 rings (SSSR count). The molecule has 1 atom stereocenters. The highest BCUT2D eigenvalue weighted by Crippen LogP contribution is 2.41. The van der Waals surface area contributed by atoms with E-state index in [0.29, 0.717) is 24.3 Å². The van der Waals surface area contributed by atoms with Gasteiger partial charge in [-0.1, -0.05) is 18.2 Å². The number of pyridine rings is 1. The van der Waals surface area contributed by atoms with Crippen molar-refractivity contribution in [2.75, 3.05) is 19.0 Å². The first-order valence-electron chi connectivity index (χ1n) is 13.3. The summed E-state index contributed by atoms with van der Waals surface area (Å²) in [7, 11) is 3.14. The number of anilines is 1. The number of ether oxygens (including phenoxy) is 3. The predicted octanol–water partition coefficient (Wildman–Crippen LogP) is 5.24. The summed E-state index contributed by atoms with van der Waals surface area (Å²) in [6, 6.07) is 11.2. The van der Waals surface area contributed by atoms with E-state index in [2.05, 4.69) is 5.32 Å². The van der Waals surface area contributed by atoms with Crippen LogP contribution in [0.3, 0.4) is 0 Å². The molecule has 1 aliphatic rings. The highest BCUT2D eigenvalue weighted by atomic mass is 16.5. The van der Waals surface area contributed by atoms with E-state index in [0.717, 1.165) is 52.8 Å². The van der Waals surface area contributed by atoms with Gasteiger partial charge in [-0.2, -0.15) is 0 Å². The molecule has 0 spiro atoms. The normalized spacial score (nSPS) is 13.7. The Balaban J connectivity index is 1.98. The van der Waals surface area contributed by atoms with Crippen molar-refractivity contribution in [2.24, 2.45) is 7.05 Å². The van der Waals surface area contributed by atoms with E-state index in [1.54, 1.807) is 34.9 Å². The molecule has 212 valence electrons. The van der Waals surface area contributed by atoms with Crippen LogP contribution >= 0.6 is 0 Å². The molecule has 3 N–H and O–H groups in total. The molecule has 2 heterocycles. The van der Waals surface area contributed by atoms with E-state index in [1.807, 2.05) is 43.3 Å². The Labute approximate surface area is 234 Å². The number of hydrogen-bond donors (Lipinski definition) is 3. The van der Waals surface area contributed by atoms with E-state index in [4.69, 9.17) is 19.6 Å². The molecular weight excluding hydrogens is 510 g/mol. The molecule has 0 saturated heterocycles. The number of nitrogens with one attached hydrogen (secondary N) is 2. The predicted molar refractivity (Wildman–Crippen MR) is 155 cm³/mol. The van der Waals surface area contributed by atoms with Crippen molar-refractivity contribution < 1.29 is 24.1 Å². The zero-order chi connectivity index (χ0) is 29.2. The summed E-state index contributed by atoms with van der Waals surface area (Å²) in [5.41, 5.74) is 3.49. The van der Waals surface area contributed by atoms with Crippen LogP contribution in [0.5, 0.6) is 11.5 Å². The van der Waals surface area contributed by atoms with Crippen molar-refractivity contribution in [3.8, 4) is 22.6 Å². The Morgan fingerprint density at radius 1 is 1.23 bits per heavy atom. The first-order chi connectivity index (χ1) is 19.0. The zero-order valence-corrected chi connectivity index (χ0v) is 23.9. The van der Waals surface area contributed by atoms with Crippen LogP contribution in [0.2, 0.25) is 0 Å². The highest BCUT2D eigenvalue weighted by Gasteiger charge is 2.35. The quantitative estimate of drug-likeness (QED) is 0.313. The number of aromatic nitrogens is 1. The van der Waals surface area contributed by atoms with Crippen molar-refractivity contribution in [2.45, 2.75) is 58.8 Å². The maximum atomic E-state index is 13.8. The number of carbonyl (C=O) groups is 1. The van der Waals surface area contributed by atoms with E-state index in [-0.39, 0.29) is 11.4 Å². The number of benzene rings is 2. The second-order valence-corrected chi connectivity index (χ2v) is 10.9. The van der Waals surface area contributed by atoms with Gasteiger partial charge in [0.1, 0.15) is 17.2 Å². The molecule has 3 aromatic rings. The third kappa shape index (κ3) is 5.74. The molecule has 0 bridgehead atoms. The van der Waals surface area contributed by atoms with Gasteiger partial charge in [0.25, 0.3) is 5.56 Å². The molecule has 0 amide bonds. The third-order valence-electron chi connectivity index (χ3n) is 7.04. The van der Waals surface area contributed by atoms with Gasteiger partial charge in [0.05, 0.1) is 25.0 Å². The van der Waals surface area contributed by atoms with Gasteiger partial charge in [0, 0.05) is 30.9 Å². The van der Waals surface area contributed by atoms with Crippen molar-refractivity contribution in [3.05, 3.63) is 74.7 Å². The average Bonchev–Trinajstić information content (AvgIpc) is 2.92. The van der Waals surface area contributed by atoms with Crippen LogP contribution in [0.1, 0.15) is 61.2 Å². The number of rotatable bonds is 9. The molecule has 40 heavy (non-hydrogen) atoms. The molecule has 1 aliphatic heterocycles. The summed E-state index contributed by atoms with van der Waals surface area (Å²) in [5.74, 6) is 0.297. The third-order valence-corrected chi connectivity index (χ3v) is 7.04. The molecule has 9 heteroatoms. The van der Waals surface area contributed by atoms with E-state index in [1.165, 1.54) is 4.57 Å². The first-order valence-corrected chi connectivity index (χ1v) is 13.3. The topological polar surface area (TPSA) is 123 Å². The van der Waals surface area contributed by atoms with Crippen LogP contribution in [0, 0.1) is 12.3 Å². The lowest BCUT2D eigenvalue weighted by Gasteiger charge is -2.30. The zero-order valence-electron chi connectivity index (χ0n) is 23.9. The second kappa shape index (κ2) is 11.6. The number of carboxylic acids is 1. The maximum Gasteiger partial charge on any atom is 0.339 e. The minimum absolute atomic E-state index is 0.181. The van der Waals surface area contributed by atoms with Crippen LogP contribution in [0.25, 0.3) is 11.1 Å². The van der Waals surface area contributed by atoms with Crippen LogP contribution in [0.15, 0.2) is 41.2 Å². The Morgan fingerprint density at radius 2 is 1.93 bits per heavy atom. The summed E-state index contributed by atoms with van der Waals surface area (Å²) < 4.78 is 18.5. The molecule has 9 nitrogen and oxygen atoms in total. The molecule has 0 aliphatic carbocycles. The molecule has 1 unspecified atom stereocenters. The molecule has 2 aromatic carbocycles. The van der Waals surface area contributed by atoms with Gasteiger partial charge in [-0.25, -0.2) is 4.79 Å². The van der Waals surface area contributed by atoms with Gasteiger partial charge in [0.2, 0.25) is 0 Å². The Bertz CT molecular complexity index is 1490. The van der Waals surface area contributed by atoms with Crippen LogP contribution < -0.4 is 20.3 Å². The minimum Gasteiger partial charge on any atom is -0.497 e. The van der Waals surface area contributed by atoms with E-state index >= 15 is 0 Å². The Morgan fingerprint density at radius 3 is 2.52 bits per heavy atom. The number of carboxylic acid groups (broad SMARTS) is 1. The van der Waals surface area contributed by atoms with Gasteiger partial charge >= 0.3 is 5.97 Å². The lowest BCUT2D eigenvalue weighted by Crippen LogP contribution is -2.34. The van der Waals surface area contributed by atoms with E-state index in [9.17, 15) is 14.7 Å². The van der Waals surface area contributed by atoms with Crippen molar-refractivity contribution in [1.29, 1.82) is 5.41 Å². The van der Waals surface area contributed by atoms with Crippen LogP contribution in [-0.2, 0) is 29.5 Å². The van der Waals surface area contributed by atoms with Crippen molar-refractivity contribution >= 4 is 17.9 Å². The van der Waals surface area contributed by atoms with Crippen molar-refractivity contribution in [1.82, 2.24) is 4.57 Å². The molecule has 0 radical (unpaired) electrons. The summed E-state index contributed by atoms with van der Waals surface area (Å²) in [6.07, 6.45) is 1.35. The highest BCUT2D eigenvalue weighted by molar-refractivity contribution is 5.98. The SMILES string of the molecule is COc1ccc(CNc2c(C=N)c(-c3ccc4c(c3C)CCCO4)c(C(OC(C)(C)C)C(=O)O)n(C)c2=O)cc1. The number of methoxy groups -OCH3 is 1. The number of aliphatic carboxylic acids is 1. The van der Waals surface area contributed by atoms with Gasteiger partial charge in [-0.3, -0.25) is 4.79 Å². The van der Waals surface area contributed by atoms with Gasteiger partial charge in [-0.15, -0.1) is 0 Å². The van der Waals surface area contributed by atoms with Crippen molar-refractivity contribution in [3.63, 3.8) is 0 Å². The summed E-state index contributed by atoms with van der Waals surface area (Å²) in [4.78, 5) is 26.4. The number of nitrogens with zero attached hydrogens (tertiary/aromatic N) is 1. The monoisotopic (exact) mass is 547 g/mol. The molecule has 0 fully saturated rings. The summed E-state index contributed by atoms with van der Waals surface area (Å²) in [5, 5.41) is 22.0. The number of fused-ring (bicyclic) bond motifs is 1. The van der Waals surface area contributed by atoms with E-state index < -0.39 is 23.2 Å². The fourth-order valence-corrected chi connectivity index (χ4v) is 5.12. The number of hydrogen-bond acceptors (Lipinski definition) is 7. The summed E-state index contributed by atoms with van der Waals surface area (Å²) in [6.45, 7) is 8.23. The minimum atomic E-state index is -1.45. The second-order valence-electron chi connectivity index (χ2n) is 10.9. The molecule has 1 aromatic heterocycles. The smallest absolute Gasteiger partial charge is 0.339 e. The molecule has 0 saturated carbocycles. The first kappa shape index (κ1) is 28.9. The average molecular weight is 548 g/mol. The largest absolute Gasteiger partial charge is 0.497 e. The fraction of sp³-hybridized carbons (Fsp3) is 0.387. The maximum absolute atomic E-state index is 13.8. The lowest BCUT2D eigenvalue weighted by molar-refractivity contribution is -0.161. The Hall–Kier alpha value is -4.11. The van der Waals surface area contributed by atoms with Gasteiger partial charge in [0.15, 0.2) is 6.10 Å². The van der Waals surface area contributed by atoms with Gasteiger partial charge in [-0.05, 0) is 81.0 Å². The van der Waals surface area contributed by atoms with Crippen LogP contribution in [0.4, 0.5) is 5.69 Å². The van der Waals surface area contributed by atoms with Crippen LogP contribution in [-0.4, -0.2) is 41.2 Å². The molecular formula is C31H37N3O6. The summed E-state index contributed by atoms with van der Waals surface area (Å²) >= 11 is 0. The Kier molecular flexibility index (Phi) is 8.34. The van der Waals surface area contributed by atoms with Gasteiger partial charge < -0.3 is 34.6 Å². The standard InChI is InChI=1S/C31H37N3O6/c1-18-21-8-7-15-39-24(21)14-13-22(18)25-23(16-32)26(33-17-19-9-11-20(38-6)12-10-19)29(35)34(5)27(25)28(30(36)37)40-31(2,3)4/h9-14,16,28,32-33H,7-8,15,17H2,1-6H3,(H,36,37). The fourth-order valence-electron chi connectivity index (χ4n) is 5.12. The lowest BCUT2D eigenvalue weighted by atomic mass is 9.87.